The van der Waals surface area contributed by atoms with Gasteiger partial charge in [-0.1, -0.05) is 27.7 Å². The molecule has 0 bridgehead atoms. The number of hydrogen-bond donors (Lipinski definition) is 2. The van der Waals surface area contributed by atoms with Gasteiger partial charge in [-0.05, 0) is 31.6 Å². The average molecular weight is 412 g/mol. The molecule has 6 nitrogen and oxygen atoms in total. The molecule has 0 aliphatic carbocycles. The lowest BCUT2D eigenvalue weighted by Gasteiger charge is -2.27. The van der Waals surface area contributed by atoms with E-state index in [1.165, 1.54) is 16.2 Å². The minimum atomic E-state index is -0.178. The van der Waals surface area contributed by atoms with E-state index in [1.54, 1.807) is 4.90 Å². The maximum Gasteiger partial charge on any atom is 0.245 e. The highest BCUT2D eigenvalue weighted by Gasteiger charge is 2.23. The molecule has 1 aromatic heterocycles. The maximum atomic E-state index is 12.9. The Morgan fingerprint density at radius 3 is 2.39 bits per heavy atom. The summed E-state index contributed by atoms with van der Waals surface area (Å²) >= 11 is 1.47. The van der Waals surface area contributed by atoms with Gasteiger partial charge in [-0.15, -0.1) is 11.3 Å². The van der Waals surface area contributed by atoms with Crippen LogP contribution in [0.5, 0.6) is 0 Å². The van der Waals surface area contributed by atoms with E-state index >= 15 is 0 Å². The number of rotatable bonds is 10. The highest BCUT2D eigenvalue weighted by atomic mass is 32.1. The van der Waals surface area contributed by atoms with E-state index in [1.807, 2.05) is 13.8 Å². The second-order valence-corrected chi connectivity index (χ2v) is 10.6. The molecular weight excluding hydrogens is 372 g/mol. The van der Waals surface area contributed by atoms with Gasteiger partial charge in [-0.3, -0.25) is 9.59 Å². The number of thiazole rings is 1. The van der Waals surface area contributed by atoms with E-state index in [0.717, 1.165) is 30.0 Å². The van der Waals surface area contributed by atoms with E-state index in [-0.39, 0.29) is 23.8 Å². The summed E-state index contributed by atoms with van der Waals surface area (Å²) in [5.41, 5.74) is 1.12. The van der Waals surface area contributed by atoms with E-state index in [4.69, 9.17) is 0 Å². The summed E-state index contributed by atoms with van der Waals surface area (Å²) < 4.78 is 0. The van der Waals surface area contributed by atoms with E-state index in [0.29, 0.717) is 24.0 Å². The fraction of sp³-hybridized carbons (Fsp3) is 0.762. The number of hydrogen-bond acceptors (Lipinski definition) is 4. The van der Waals surface area contributed by atoms with Crippen LogP contribution in [0.4, 0.5) is 5.13 Å². The summed E-state index contributed by atoms with van der Waals surface area (Å²) in [6, 6.07) is 0. The van der Waals surface area contributed by atoms with Crippen LogP contribution in [-0.2, 0) is 9.59 Å². The molecule has 0 radical (unpaired) electrons. The van der Waals surface area contributed by atoms with Crippen LogP contribution < -0.4 is 10.2 Å². The molecule has 0 saturated heterocycles. The van der Waals surface area contributed by atoms with E-state index < -0.39 is 0 Å². The summed E-state index contributed by atoms with van der Waals surface area (Å²) in [6.45, 7) is 14.3. The Hall–Kier alpha value is -1.47. The van der Waals surface area contributed by atoms with Crippen molar-refractivity contribution in [3.8, 4) is 0 Å². The van der Waals surface area contributed by atoms with Gasteiger partial charge in [0.2, 0.25) is 11.8 Å². The molecule has 1 heterocycles. The van der Waals surface area contributed by atoms with Gasteiger partial charge in [-0.2, -0.15) is 0 Å². The van der Waals surface area contributed by atoms with Crippen molar-refractivity contribution in [2.24, 2.45) is 11.3 Å². The smallest absolute Gasteiger partial charge is 0.245 e. The minimum Gasteiger partial charge on any atom is -0.340 e. The minimum absolute atomic E-state index is 0.0622. The van der Waals surface area contributed by atoms with Crippen LogP contribution in [-0.4, -0.2) is 55.4 Å². The molecule has 2 amide bonds. The zero-order valence-corrected chi connectivity index (χ0v) is 19.8. The third-order valence-corrected chi connectivity index (χ3v) is 5.54. The maximum absolute atomic E-state index is 12.9. The molecule has 7 heteroatoms. The Bertz CT molecular complexity index is 630. The van der Waals surface area contributed by atoms with Crippen molar-refractivity contribution >= 4 is 28.3 Å². The van der Waals surface area contributed by atoms with Gasteiger partial charge in [0.15, 0.2) is 5.13 Å². The summed E-state index contributed by atoms with van der Waals surface area (Å²) in [5, 5.41) is 3.45. The predicted octanol–water partition coefficient (Wildman–Crippen LogP) is 2.52. The first-order valence-corrected chi connectivity index (χ1v) is 11.0. The number of amides is 2. The summed E-state index contributed by atoms with van der Waals surface area (Å²) in [4.78, 5) is 33.9. The number of aryl methyl sites for hydroxylation is 2. The lowest BCUT2D eigenvalue weighted by molar-refractivity contribution is -0.858. The second kappa shape index (κ2) is 10.9. The monoisotopic (exact) mass is 411 g/mol. The van der Waals surface area contributed by atoms with Crippen molar-refractivity contribution in [1.29, 1.82) is 0 Å². The molecule has 0 unspecified atom stereocenters. The Balaban J connectivity index is 2.71. The Kier molecular flexibility index (Phi) is 9.57. The number of nitrogens with one attached hydrogen (secondary N) is 2. The van der Waals surface area contributed by atoms with Gasteiger partial charge in [-0.25, -0.2) is 4.98 Å². The molecular formula is C21H39N4O2S+. The zero-order valence-electron chi connectivity index (χ0n) is 18.9. The van der Waals surface area contributed by atoms with Crippen LogP contribution in [0.15, 0.2) is 0 Å². The molecule has 1 rings (SSSR count). The van der Waals surface area contributed by atoms with Gasteiger partial charge in [0.1, 0.15) is 0 Å². The number of carbonyl (C=O) groups is 2. The second-order valence-electron chi connectivity index (χ2n) is 9.41. The first-order valence-electron chi connectivity index (χ1n) is 10.2. The van der Waals surface area contributed by atoms with Crippen LogP contribution in [0.1, 0.15) is 57.5 Å². The topological polar surface area (TPSA) is 66.7 Å². The number of nitrogens with zero attached hydrogens (tertiary/aromatic N) is 2. The first kappa shape index (κ1) is 24.6. The standard InChI is InChI=1S/C21H38N4O2S/c1-15(13-21(4,5)6)12-19(27)25(11-9-10-24(7)8)14-18(26)23-20-22-16(2)17(3)28-20/h15H,9-14H2,1-8H3,(H,22,23,26)/p+1/t15-/m1/s1. The molecule has 0 spiro atoms. The normalized spacial score (nSPS) is 12.9. The summed E-state index contributed by atoms with van der Waals surface area (Å²) in [6.07, 6.45) is 2.34. The number of aromatic nitrogens is 1. The van der Waals surface area contributed by atoms with Crippen molar-refractivity contribution in [2.45, 2.75) is 60.8 Å². The molecule has 0 aliphatic rings. The fourth-order valence-corrected chi connectivity index (χ4v) is 4.15. The first-order chi connectivity index (χ1) is 12.9. The third kappa shape index (κ3) is 9.64. The molecule has 0 fully saturated rings. The molecule has 0 aliphatic heterocycles. The van der Waals surface area contributed by atoms with Crippen molar-refractivity contribution < 1.29 is 14.5 Å². The highest BCUT2D eigenvalue weighted by molar-refractivity contribution is 7.15. The molecule has 28 heavy (non-hydrogen) atoms. The van der Waals surface area contributed by atoms with Gasteiger partial charge in [0.05, 0.1) is 32.9 Å². The van der Waals surface area contributed by atoms with Crippen molar-refractivity contribution in [1.82, 2.24) is 9.88 Å². The van der Waals surface area contributed by atoms with E-state index in [9.17, 15) is 9.59 Å². The third-order valence-electron chi connectivity index (χ3n) is 4.55. The number of anilines is 1. The van der Waals surface area contributed by atoms with Crippen molar-refractivity contribution in [3.05, 3.63) is 10.6 Å². The number of quaternary nitrogens is 1. The highest BCUT2D eigenvalue weighted by Crippen LogP contribution is 2.26. The van der Waals surface area contributed by atoms with Crippen LogP contribution in [0.3, 0.4) is 0 Å². The molecule has 2 N–H and O–H groups in total. The van der Waals surface area contributed by atoms with Crippen molar-refractivity contribution in [2.75, 3.05) is 39.0 Å². The van der Waals surface area contributed by atoms with Crippen LogP contribution >= 0.6 is 11.3 Å². The Labute approximate surface area is 174 Å². The summed E-state index contributed by atoms with van der Waals surface area (Å²) in [5.74, 6) is 0.178. The molecule has 160 valence electrons. The summed E-state index contributed by atoms with van der Waals surface area (Å²) in [7, 11) is 4.19. The largest absolute Gasteiger partial charge is 0.340 e. The molecule has 0 saturated carbocycles. The van der Waals surface area contributed by atoms with Gasteiger partial charge in [0.25, 0.3) is 0 Å². The van der Waals surface area contributed by atoms with Crippen LogP contribution in [0.25, 0.3) is 0 Å². The van der Waals surface area contributed by atoms with Gasteiger partial charge < -0.3 is 15.1 Å². The van der Waals surface area contributed by atoms with Crippen LogP contribution in [0, 0.1) is 25.2 Å². The van der Waals surface area contributed by atoms with Gasteiger partial charge >= 0.3 is 0 Å². The van der Waals surface area contributed by atoms with Gasteiger partial charge in [0, 0.05) is 24.3 Å². The molecule has 1 aromatic rings. The van der Waals surface area contributed by atoms with Crippen molar-refractivity contribution in [3.63, 3.8) is 0 Å². The predicted molar refractivity (Wildman–Crippen MR) is 117 cm³/mol. The lowest BCUT2D eigenvalue weighted by Crippen LogP contribution is -3.05. The molecule has 0 aromatic carbocycles. The molecule has 1 atom stereocenters. The Morgan fingerprint density at radius 1 is 1.25 bits per heavy atom. The average Bonchev–Trinajstić information content (AvgIpc) is 2.81. The lowest BCUT2D eigenvalue weighted by atomic mass is 9.84. The fourth-order valence-electron chi connectivity index (χ4n) is 3.32. The Morgan fingerprint density at radius 2 is 1.89 bits per heavy atom. The van der Waals surface area contributed by atoms with Crippen LogP contribution in [0.2, 0.25) is 0 Å². The van der Waals surface area contributed by atoms with E-state index in [2.05, 4.69) is 52.1 Å². The number of carbonyl (C=O) groups excluding carboxylic acids is 2. The zero-order chi connectivity index (χ0) is 21.5. The SMILES string of the molecule is Cc1nc(NC(=O)CN(CCC[NH+](C)C)C(=O)C[C@@H](C)CC(C)(C)C)sc1C. The quantitative estimate of drug-likeness (QED) is 0.622.